The van der Waals surface area contributed by atoms with Crippen molar-refractivity contribution in [2.24, 2.45) is 22.9 Å². The Balaban J connectivity index is 1.49. The van der Waals surface area contributed by atoms with Gasteiger partial charge in [0.2, 0.25) is 5.79 Å². The highest BCUT2D eigenvalue weighted by atomic mass is 16.7. The van der Waals surface area contributed by atoms with E-state index in [1.165, 1.54) is 7.11 Å². The summed E-state index contributed by atoms with van der Waals surface area (Å²) in [6, 6.07) is 22.8. The Bertz CT molecular complexity index is 1980. The number of amides is 2. The number of unbranched alkanes of at least 4 members (excludes halogenated alkanes) is 2. The number of likely N-dealkylation sites (N-methyl/N-ethyl adjacent to an activating group) is 1. The number of carbonyl (C=O) groups excluding carboxylic acids is 2. The first-order chi connectivity index (χ1) is 27.8. The van der Waals surface area contributed by atoms with Crippen molar-refractivity contribution in [3.8, 4) is 17.6 Å². The van der Waals surface area contributed by atoms with Gasteiger partial charge in [-0.1, -0.05) is 60.5 Å². The number of nitrogens with zero attached hydrogens (tertiary/aromatic N) is 3. The lowest BCUT2D eigenvalue weighted by Gasteiger charge is -2.59. The predicted octanol–water partition coefficient (Wildman–Crippen LogP) is 6.88. The minimum atomic E-state index is -1.43. The fourth-order valence-corrected chi connectivity index (χ4v) is 8.85. The molecule has 6 atom stereocenters. The van der Waals surface area contributed by atoms with Crippen molar-refractivity contribution < 1.29 is 38.9 Å². The van der Waals surface area contributed by atoms with Crippen LogP contribution in [-0.2, 0) is 16.1 Å². The van der Waals surface area contributed by atoms with E-state index in [2.05, 4.69) is 29.2 Å². The third-order valence-electron chi connectivity index (χ3n) is 11.4. The van der Waals surface area contributed by atoms with Gasteiger partial charge in [-0.2, -0.15) is 5.26 Å². The Labute approximate surface area is 334 Å². The first-order valence-corrected chi connectivity index (χ1v) is 19.7. The molecule has 2 aliphatic carbocycles. The van der Waals surface area contributed by atoms with Gasteiger partial charge in [0.05, 0.1) is 29.9 Å². The Kier molecular flexibility index (Phi) is 13.8. The molecule has 1 saturated carbocycles. The summed E-state index contributed by atoms with van der Waals surface area (Å²) < 4.78 is 19.9. The predicted molar refractivity (Wildman–Crippen MR) is 215 cm³/mol. The molecule has 0 aromatic heterocycles. The van der Waals surface area contributed by atoms with E-state index in [9.17, 15) is 25.1 Å². The minimum absolute atomic E-state index is 0.00239. The van der Waals surface area contributed by atoms with Gasteiger partial charge in [-0.15, -0.1) is 6.58 Å². The number of rotatable bonds is 17. The van der Waals surface area contributed by atoms with Gasteiger partial charge >= 0.3 is 6.09 Å². The molecule has 6 rings (SSSR count). The summed E-state index contributed by atoms with van der Waals surface area (Å²) >= 11 is 0. The van der Waals surface area contributed by atoms with Crippen LogP contribution in [0.15, 0.2) is 102 Å². The van der Waals surface area contributed by atoms with Crippen LogP contribution in [0.2, 0.25) is 0 Å². The molecule has 3 aliphatic rings. The van der Waals surface area contributed by atoms with E-state index < -0.39 is 23.8 Å². The Morgan fingerprint density at radius 3 is 2.47 bits per heavy atom. The van der Waals surface area contributed by atoms with E-state index in [0.29, 0.717) is 47.7 Å². The van der Waals surface area contributed by atoms with Crippen molar-refractivity contribution in [1.82, 2.24) is 10.2 Å². The van der Waals surface area contributed by atoms with Crippen LogP contribution in [0.1, 0.15) is 77.9 Å². The van der Waals surface area contributed by atoms with Crippen LogP contribution >= 0.6 is 0 Å². The number of oxime groups is 1. The van der Waals surface area contributed by atoms with Crippen molar-refractivity contribution >= 4 is 17.7 Å². The molecule has 0 radical (unpaired) electrons. The second-order valence-electron chi connectivity index (χ2n) is 14.8. The van der Waals surface area contributed by atoms with Gasteiger partial charge in [0.1, 0.15) is 24.7 Å². The van der Waals surface area contributed by atoms with Gasteiger partial charge in [0.15, 0.2) is 0 Å². The Morgan fingerprint density at radius 1 is 1.05 bits per heavy atom. The summed E-state index contributed by atoms with van der Waals surface area (Å²) in [6.07, 6.45) is 7.97. The molecule has 3 aromatic carbocycles. The van der Waals surface area contributed by atoms with Crippen LogP contribution in [0, 0.1) is 29.1 Å². The minimum Gasteiger partial charge on any atom is -0.459 e. The lowest BCUT2D eigenvalue weighted by molar-refractivity contribution is -0.252. The third-order valence-corrected chi connectivity index (χ3v) is 11.4. The van der Waals surface area contributed by atoms with Gasteiger partial charge in [0.25, 0.3) is 5.91 Å². The van der Waals surface area contributed by atoms with Gasteiger partial charge < -0.3 is 39.5 Å². The first-order valence-electron chi connectivity index (χ1n) is 19.7. The largest absolute Gasteiger partial charge is 0.459 e. The molecule has 12 nitrogen and oxygen atoms in total. The van der Waals surface area contributed by atoms with Crippen molar-refractivity contribution in [2.75, 3.05) is 34.0 Å². The lowest BCUT2D eigenvalue weighted by atomic mass is 9.55. The monoisotopic (exact) mass is 776 g/mol. The molecule has 0 unspecified atom stereocenters. The number of hydrogen-bond donors (Lipinski definition) is 3. The smallest absolute Gasteiger partial charge is 0.412 e. The van der Waals surface area contributed by atoms with Crippen molar-refractivity contribution in [3.05, 3.63) is 119 Å². The van der Waals surface area contributed by atoms with Crippen LogP contribution in [0.4, 0.5) is 4.79 Å². The number of nitriles is 1. The zero-order valence-electron chi connectivity index (χ0n) is 32.6. The van der Waals surface area contributed by atoms with E-state index in [4.69, 9.17) is 19.0 Å². The number of ether oxygens (including phenoxy) is 3. The van der Waals surface area contributed by atoms with Gasteiger partial charge in [-0.3, -0.25) is 4.79 Å². The van der Waals surface area contributed by atoms with Crippen molar-refractivity contribution in [1.29, 1.82) is 5.26 Å². The van der Waals surface area contributed by atoms with Gasteiger partial charge in [-0.05, 0) is 91.1 Å². The lowest BCUT2D eigenvalue weighted by Crippen LogP contribution is -2.69. The fraction of sp³-hybridized carbons (Fsp3) is 0.422. The SMILES string of the molecule is C=CCO[C@@]12Oc3ccc(OC(=O)NCc4ccccc4)cc3[C@H]3[C@H](CCCCO)[C@@H](CCCCO)C=C(C(=NOC)C[C@@H]1N(C)C(=O)c1ccc(C#N)cc1)[C@H]32. The Morgan fingerprint density at radius 2 is 1.79 bits per heavy atom. The highest BCUT2D eigenvalue weighted by Gasteiger charge is 2.65. The van der Waals surface area contributed by atoms with Crippen LogP contribution in [0.5, 0.6) is 11.5 Å². The fourth-order valence-electron chi connectivity index (χ4n) is 8.85. The molecule has 300 valence electrons. The van der Waals surface area contributed by atoms with Crippen LogP contribution in [-0.4, -0.2) is 78.6 Å². The number of carbonyl (C=O) groups is 2. The second kappa shape index (κ2) is 19.1. The number of allylic oxidation sites excluding steroid dienone is 1. The normalized spacial score (nSPS) is 23.8. The number of aliphatic hydroxyl groups is 2. The number of aliphatic hydroxyl groups excluding tert-OH is 2. The second-order valence-corrected chi connectivity index (χ2v) is 14.8. The van der Waals surface area contributed by atoms with E-state index in [1.54, 1.807) is 54.4 Å². The van der Waals surface area contributed by atoms with Gasteiger partial charge in [-0.25, -0.2) is 4.79 Å². The molecule has 3 aromatic rings. The molecule has 1 aliphatic heterocycles. The zero-order chi connectivity index (χ0) is 40.4. The molecule has 12 heteroatoms. The first kappa shape index (κ1) is 41.2. The average molecular weight is 777 g/mol. The molecule has 1 fully saturated rings. The van der Waals surface area contributed by atoms with Crippen molar-refractivity contribution in [2.45, 2.75) is 69.2 Å². The van der Waals surface area contributed by atoms with E-state index >= 15 is 0 Å². The summed E-state index contributed by atoms with van der Waals surface area (Å²) in [5.74, 6) is -1.58. The molecule has 0 spiro atoms. The zero-order valence-corrected chi connectivity index (χ0v) is 32.6. The number of fused-ring (bicyclic) bond motifs is 2. The third kappa shape index (κ3) is 8.91. The molecule has 0 bridgehead atoms. The molecule has 57 heavy (non-hydrogen) atoms. The van der Waals surface area contributed by atoms with Crippen LogP contribution < -0.4 is 14.8 Å². The molecule has 0 saturated heterocycles. The van der Waals surface area contributed by atoms with E-state index in [0.717, 1.165) is 42.4 Å². The number of benzene rings is 3. The number of hydrogen-bond acceptors (Lipinski definition) is 10. The summed E-state index contributed by atoms with van der Waals surface area (Å²) in [4.78, 5) is 34.6. The summed E-state index contributed by atoms with van der Waals surface area (Å²) in [7, 11) is 3.22. The number of nitrogens with one attached hydrogen (secondary N) is 1. The van der Waals surface area contributed by atoms with Crippen LogP contribution in [0.25, 0.3) is 0 Å². The maximum absolute atomic E-state index is 14.3. The quantitative estimate of drug-likeness (QED) is 0.0754. The summed E-state index contributed by atoms with van der Waals surface area (Å²) in [5.41, 5.74) is 4.17. The molecular formula is C45H52N4O8. The maximum atomic E-state index is 14.3. The van der Waals surface area contributed by atoms with Gasteiger partial charge in [0, 0.05) is 50.3 Å². The summed E-state index contributed by atoms with van der Waals surface area (Å²) in [6.45, 7) is 4.53. The molecular weight excluding hydrogens is 725 g/mol. The molecule has 3 N–H and O–H groups in total. The highest BCUT2D eigenvalue weighted by Crippen LogP contribution is 2.61. The topological polar surface area (TPSA) is 163 Å². The van der Waals surface area contributed by atoms with E-state index in [1.807, 2.05) is 36.4 Å². The van der Waals surface area contributed by atoms with E-state index in [-0.39, 0.29) is 49.9 Å². The maximum Gasteiger partial charge on any atom is 0.412 e. The van der Waals surface area contributed by atoms with Crippen LogP contribution in [0.3, 0.4) is 0 Å². The Hall–Kier alpha value is -5.48. The average Bonchev–Trinajstić information content (AvgIpc) is 3.23. The molecule has 2 amide bonds. The molecule has 1 heterocycles. The van der Waals surface area contributed by atoms with Crippen molar-refractivity contribution in [3.63, 3.8) is 0 Å². The summed E-state index contributed by atoms with van der Waals surface area (Å²) in [5, 5.41) is 36.4. The highest BCUT2D eigenvalue weighted by molar-refractivity contribution is 6.03. The standard InChI is InChI=1S/C45H52N4O8/c1-4-24-55-45-40(49(2)43(52)32-18-16-30(28-46)17-19-32)27-38(48-54-3)36-25-33(14-8-10-22-50)35(15-9-11-23-51)41(42(36)45)37-26-34(20-21-39(37)57-45)56-44(53)47-29-31-12-6-5-7-13-31/h4-7,12-13,16-21,25-26,33,35,40-42,50-51H,1,8-11,14-15,22-24,27,29H2,2-3H3,(H,47,53)/t33-,35+,40-,41+,42+,45+/m0/s1.